The minimum Gasteiger partial charge on any atom is -0.465 e. The predicted molar refractivity (Wildman–Crippen MR) is 37.8 cm³/mol. The third kappa shape index (κ3) is 1.91. The van der Waals surface area contributed by atoms with Gasteiger partial charge in [-0.15, -0.1) is 7.05 Å². The molecule has 1 N–H and O–H groups in total. The summed E-state index contributed by atoms with van der Waals surface area (Å²) < 4.78 is 9.69. The molecule has 0 aromatic heterocycles. The van der Waals surface area contributed by atoms with Gasteiger partial charge in [-0.25, -0.2) is 4.79 Å². The Balaban J connectivity index is 2.47. The van der Waals surface area contributed by atoms with Crippen LogP contribution >= 0.6 is 0 Å². The number of nitrogens with one attached hydrogen (secondary N) is 1. The predicted octanol–water partition coefficient (Wildman–Crippen LogP) is -1.77. The molecule has 11 heavy (non-hydrogen) atoms. The van der Waals surface area contributed by atoms with E-state index in [1.807, 2.05) is 0 Å². The highest BCUT2D eigenvalue weighted by Gasteiger charge is 2.27. The van der Waals surface area contributed by atoms with Gasteiger partial charge in [-0.1, -0.05) is 0 Å². The van der Waals surface area contributed by atoms with E-state index < -0.39 is 0 Å². The molecular weight excluding hydrogens is 146 g/mol. The van der Waals surface area contributed by atoms with Gasteiger partial charge in [0.05, 0.1) is 20.3 Å². The van der Waals surface area contributed by atoms with E-state index in [2.05, 4.69) is 11.8 Å². The normalized spacial score (nSPS) is 31.5. The lowest BCUT2D eigenvalue weighted by molar-refractivity contribution is -0.881. The molecule has 1 heterocycles. The minimum absolute atomic E-state index is 0.241. The van der Waals surface area contributed by atoms with Crippen LogP contribution < -0.4 is 4.90 Å². The van der Waals surface area contributed by atoms with Crippen LogP contribution in [0.4, 0.5) is 0 Å². The van der Waals surface area contributed by atoms with E-state index in [1.54, 1.807) is 0 Å². The number of rotatable bonds is 1. The average Bonchev–Trinajstić information content (AvgIpc) is 2.04. The molecule has 0 aliphatic carbocycles. The van der Waals surface area contributed by atoms with Crippen molar-refractivity contribution >= 4 is 5.97 Å². The van der Waals surface area contributed by atoms with Crippen molar-refractivity contribution in [1.82, 2.24) is 0 Å². The maximum absolute atomic E-state index is 11.0. The van der Waals surface area contributed by atoms with Crippen molar-refractivity contribution in [3.63, 3.8) is 0 Å². The number of hydrogen-bond donors (Lipinski definition) is 1. The lowest BCUT2D eigenvalue weighted by Gasteiger charge is -2.32. The Morgan fingerprint density at radius 2 is 2.55 bits per heavy atom. The molecule has 1 fully saturated rings. The molecule has 0 bridgehead atoms. The lowest BCUT2D eigenvalue weighted by atomic mass is 10.2. The number of quaternary nitrogens is 1. The quantitative estimate of drug-likeness (QED) is 0.364. The molecule has 2 atom stereocenters. The van der Waals surface area contributed by atoms with E-state index >= 15 is 0 Å². The van der Waals surface area contributed by atoms with Gasteiger partial charge in [-0.2, -0.15) is 0 Å². The number of hydrogen-bond acceptors (Lipinski definition) is 3. The molecule has 2 unspecified atom stereocenters. The Morgan fingerprint density at radius 3 is 3.09 bits per heavy atom. The summed E-state index contributed by atoms with van der Waals surface area (Å²) in [6.07, 6.45) is 0. The molecule has 1 aliphatic rings. The second kappa shape index (κ2) is 3.69. The summed E-state index contributed by atoms with van der Waals surface area (Å²) in [4.78, 5) is 11.9. The summed E-state index contributed by atoms with van der Waals surface area (Å²) in [6.45, 7) is 1.86. The molecule has 1 rings (SSSR count). The van der Waals surface area contributed by atoms with E-state index in [0.717, 1.165) is 11.4 Å². The largest absolute Gasteiger partial charge is 0.465 e. The van der Waals surface area contributed by atoms with Gasteiger partial charge in [0.1, 0.15) is 6.61 Å². The molecule has 0 amide bonds. The van der Waals surface area contributed by atoms with Crippen LogP contribution in [0.25, 0.3) is 0 Å². The van der Waals surface area contributed by atoms with Gasteiger partial charge in [0.15, 0.2) is 6.04 Å². The van der Waals surface area contributed by atoms with Gasteiger partial charge in [-0.3, -0.25) is 0 Å². The molecular formula is C7H13NO3. The standard InChI is InChI=1S/C7H13NO3/c1-8-3-4-11-5-6(8)7(9)10-2/h6,8H,1,3-5H2,2H3. The maximum atomic E-state index is 11.0. The number of ether oxygens (including phenoxy) is 2. The third-order valence-corrected chi connectivity index (χ3v) is 1.83. The van der Waals surface area contributed by atoms with Gasteiger partial charge < -0.3 is 14.4 Å². The number of carbonyl (C=O) groups is 1. The Hall–Kier alpha value is -0.610. The van der Waals surface area contributed by atoms with E-state index in [0.29, 0.717) is 13.2 Å². The fourth-order valence-corrected chi connectivity index (χ4v) is 1.07. The highest BCUT2D eigenvalue weighted by atomic mass is 16.5. The second-order valence-corrected chi connectivity index (χ2v) is 2.56. The molecule has 1 saturated heterocycles. The molecule has 0 aromatic rings. The van der Waals surface area contributed by atoms with Crippen molar-refractivity contribution in [3.05, 3.63) is 7.05 Å². The molecule has 1 aliphatic heterocycles. The van der Waals surface area contributed by atoms with Crippen molar-refractivity contribution in [1.29, 1.82) is 0 Å². The molecule has 0 saturated carbocycles. The minimum atomic E-state index is -0.242. The van der Waals surface area contributed by atoms with Crippen LogP contribution in [0.1, 0.15) is 0 Å². The zero-order valence-corrected chi connectivity index (χ0v) is 6.63. The first-order valence-corrected chi connectivity index (χ1v) is 3.59. The van der Waals surface area contributed by atoms with Gasteiger partial charge >= 0.3 is 5.97 Å². The summed E-state index contributed by atoms with van der Waals surface area (Å²) in [5.74, 6) is -0.241. The molecule has 4 nitrogen and oxygen atoms in total. The fourth-order valence-electron chi connectivity index (χ4n) is 1.07. The lowest BCUT2D eigenvalue weighted by Crippen LogP contribution is -3.14. The van der Waals surface area contributed by atoms with Crippen LogP contribution in [0.15, 0.2) is 0 Å². The number of esters is 1. The van der Waals surface area contributed by atoms with Crippen molar-refractivity contribution in [2.24, 2.45) is 0 Å². The highest BCUT2D eigenvalue weighted by Crippen LogP contribution is 1.89. The Kier molecular flexibility index (Phi) is 2.84. The SMILES string of the molecule is [CH2-][NH+]1CCOCC1C(=O)OC. The van der Waals surface area contributed by atoms with Crippen molar-refractivity contribution in [3.8, 4) is 0 Å². The summed E-state index contributed by atoms with van der Waals surface area (Å²) in [5, 5.41) is 0. The van der Waals surface area contributed by atoms with E-state index in [1.165, 1.54) is 7.11 Å². The summed E-state index contributed by atoms with van der Waals surface area (Å²) in [5.41, 5.74) is 0. The zero-order chi connectivity index (χ0) is 8.27. The fraction of sp³-hybridized carbons (Fsp3) is 0.714. The van der Waals surface area contributed by atoms with Gasteiger partial charge in [0.2, 0.25) is 0 Å². The number of morpholine rings is 1. The van der Waals surface area contributed by atoms with Crippen LogP contribution in [-0.2, 0) is 14.3 Å². The summed E-state index contributed by atoms with van der Waals surface area (Å²) in [6, 6.07) is -0.242. The van der Waals surface area contributed by atoms with Crippen molar-refractivity contribution in [2.75, 3.05) is 26.9 Å². The highest BCUT2D eigenvalue weighted by molar-refractivity contribution is 5.74. The molecule has 0 radical (unpaired) electrons. The summed E-state index contributed by atoms with van der Waals surface area (Å²) in [7, 11) is 5.16. The maximum Gasteiger partial charge on any atom is 0.364 e. The topological polar surface area (TPSA) is 40.0 Å². The zero-order valence-electron chi connectivity index (χ0n) is 6.63. The van der Waals surface area contributed by atoms with Crippen molar-refractivity contribution in [2.45, 2.75) is 6.04 Å². The first-order chi connectivity index (χ1) is 5.25. The van der Waals surface area contributed by atoms with Gasteiger partial charge in [-0.05, 0) is 0 Å². The van der Waals surface area contributed by atoms with E-state index in [4.69, 9.17) is 4.74 Å². The monoisotopic (exact) mass is 159 g/mol. The van der Waals surface area contributed by atoms with Crippen LogP contribution in [0, 0.1) is 7.05 Å². The van der Waals surface area contributed by atoms with Crippen LogP contribution in [0.2, 0.25) is 0 Å². The van der Waals surface area contributed by atoms with Crippen LogP contribution in [0.5, 0.6) is 0 Å². The van der Waals surface area contributed by atoms with Gasteiger partial charge in [0.25, 0.3) is 0 Å². The molecule has 64 valence electrons. The first kappa shape index (κ1) is 8.49. The number of carbonyl (C=O) groups excluding carboxylic acids is 1. The smallest absolute Gasteiger partial charge is 0.364 e. The van der Waals surface area contributed by atoms with E-state index in [-0.39, 0.29) is 12.0 Å². The van der Waals surface area contributed by atoms with E-state index in [9.17, 15) is 4.79 Å². The summed E-state index contributed by atoms with van der Waals surface area (Å²) >= 11 is 0. The van der Waals surface area contributed by atoms with Gasteiger partial charge in [0, 0.05) is 0 Å². The van der Waals surface area contributed by atoms with Crippen LogP contribution in [0.3, 0.4) is 0 Å². The molecule has 4 heteroatoms. The Labute approximate surface area is 66.1 Å². The number of methoxy groups -OCH3 is 1. The first-order valence-electron chi connectivity index (χ1n) is 3.59. The Bertz CT molecular complexity index is 149. The second-order valence-electron chi connectivity index (χ2n) is 2.56. The molecule has 0 aromatic carbocycles. The van der Waals surface area contributed by atoms with Crippen molar-refractivity contribution < 1.29 is 19.2 Å². The molecule has 0 spiro atoms. The average molecular weight is 159 g/mol. The third-order valence-electron chi connectivity index (χ3n) is 1.83. The van der Waals surface area contributed by atoms with Crippen LogP contribution in [-0.4, -0.2) is 38.9 Å². The Morgan fingerprint density at radius 1 is 1.82 bits per heavy atom.